The van der Waals surface area contributed by atoms with Gasteiger partial charge in [-0.05, 0) is 38.1 Å². The second-order valence-electron chi connectivity index (χ2n) is 8.54. The Balaban J connectivity index is 1.49. The largest absolute Gasteiger partial charge is 0.457 e. The van der Waals surface area contributed by atoms with Crippen molar-refractivity contribution in [2.45, 2.75) is 19.4 Å². The predicted octanol–water partition coefficient (Wildman–Crippen LogP) is 5.25. The molecule has 1 fully saturated rings. The Morgan fingerprint density at radius 3 is 2.70 bits per heavy atom. The van der Waals surface area contributed by atoms with Gasteiger partial charge in [0.05, 0.1) is 28.2 Å². The molecule has 0 aliphatic carbocycles. The SMILES string of the molecule is CC1(C)CN(c2ncnc3[nH]cc(C(=O)c4ccc(Oc5ccccc5)cc4Cl)c23)CCO1. The first-order chi connectivity index (χ1) is 15.9. The third-order valence-corrected chi connectivity index (χ3v) is 5.90. The number of para-hydroxylation sites is 1. The summed E-state index contributed by atoms with van der Waals surface area (Å²) in [4.78, 5) is 27.6. The van der Waals surface area contributed by atoms with Crippen molar-refractivity contribution in [1.29, 1.82) is 0 Å². The third kappa shape index (κ3) is 4.29. The molecule has 1 saturated heterocycles. The van der Waals surface area contributed by atoms with E-state index in [-0.39, 0.29) is 11.4 Å². The lowest BCUT2D eigenvalue weighted by atomic mass is 10.0. The van der Waals surface area contributed by atoms with E-state index in [4.69, 9.17) is 21.1 Å². The van der Waals surface area contributed by atoms with E-state index in [1.807, 2.05) is 44.2 Å². The molecule has 0 radical (unpaired) electrons. The van der Waals surface area contributed by atoms with E-state index < -0.39 is 0 Å². The Kier molecular flexibility index (Phi) is 5.52. The quantitative estimate of drug-likeness (QED) is 0.408. The van der Waals surface area contributed by atoms with Gasteiger partial charge in [0.25, 0.3) is 0 Å². The molecule has 0 spiro atoms. The maximum atomic E-state index is 13.5. The number of nitrogens with one attached hydrogen (secondary N) is 1. The van der Waals surface area contributed by atoms with E-state index in [1.54, 1.807) is 24.4 Å². The average molecular weight is 463 g/mol. The molecule has 1 N–H and O–H groups in total. The number of hydrogen-bond donors (Lipinski definition) is 1. The van der Waals surface area contributed by atoms with Gasteiger partial charge in [-0.2, -0.15) is 0 Å². The average Bonchev–Trinajstić information content (AvgIpc) is 3.23. The highest BCUT2D eigenvalue weighted by Gasteiger charge is 2.30. The summed E-state index contributed by atoms with van der Waals surface area (Å²) in [5.74, 6) is 1.75. The van der Waals surface area contributed by atoms with Crippen LogP contribution in [0, 0.1) is 0 Å². The van der Waals surface area contributed by atoms with Crippen molar-refractivity contribution < 1.29 is 14.3 Å². The summed E-state index contributed by atoms with van der Waals surface area (Å²) in [6.45, 7) is 6.00. The fourth-order valence-electron chi connectivity index (χ4n) is 4.08. The maximum Gasteiger partial charge on any atom is 0.196 e. The zero-order chi connectivity index (χ0) is 23.0. The first-order valence-corrected chi connectivity index (χ1v) is 11.1. The van der Waals surface area contributed by atoms with Crippen LogP contribution in [-0.2, 0) is 4.74 Å². The summed E-state index contributed by atoms with van der Waals surface area (Å²) < 4.78 is 11.7. The fourth-order valence-corrected chi connectivity index (χ4v) is 4.33. The molecule has 0 unspecified atom stereocenters. The molecule has 8 heteroatoms. The van der Waals surface area contributed by atoms with Crippen molar-refractivity contribution in [2.24, 2.45) is 0 Å². The second kappa shape index (κ2) is 8.50. The molecule has 2 aromatic carbocycles. The molecule has 0 saturated carbocycles. The minimum Gasteiger partial charge on any atom is -0.457 e. The van der Waals surface area contributed by atoms with Crippen LogP contribution in [0.2, 0.25) is 5.02 Å². The number of aromatic nitrogens is 3. The number of ether oxygens (including phenoxy) is 2. The lowest BCUT2D eigenvalue weighted by molar-refractivity contribution is -0.0278. The van der Waals surface area contributed by atoms with Gasteiger partial charge in [-0.25, -0.2) is 9.97 Å². The van der Waals surface area contributed by atoms with Crippen LogP contribution in [0.4, 0.5) is 5.82 Å². The smallest absolute Gasteiger partial charge is 0.196 e. The number of fused-ring (bicyclic) bond motifs is 1. The monoisotopic (exact) mass is 462 g/mol. The first-order valence-electron chi connectivity index (χ1n) is 10.7. The van der Waals surface area contributed by atoms with Crippen molar-refractivity contribution in [3.05, 3.63) is 77.2 Å². The maximum absolute atomic E-state index is 13.5. The van der Waals surface area contributed by atoms with Crippen molar-refractivity contribution in [3.8, 4) is 11.5 Å². The number of halogens is 1. The van der Waals surface area contributed by atoms with Gasteiger partial charge in [-0.3, -0.25) is 4.79 Å². The number of carbonyl (C=O) groups excluding carboxylic acids is 1. The number of anilines is 1. The Morgan fingerprint density at radius 2 is 1.94 bits per heavy atom. The van der Waals surface area contributed by atoms with E-state index in [9.17, 15) is 4.79 Å². The Bertz CT molecular complexity index is 1320. The number of rotatable bonds is 5. The number of H-pyrrole nitrogens is 1. The van der Waals surface area contributed by atoms with Gasteiger partial charge in [-0.1, -0.05) is 29.8 Å². The molecule has 1 aliphatic rings. The molecular weight excluding hydrogens is 440 g/mol. The Labute approximate surface area is 196 Å². The molecule has 0 atom stereocenters. The van der Waals surface area contributed by atoms with Crippen LogP contribution in [0.5, 0.6) is 11.5 Å². The normalized spacial score (nSPS) is 15.5. The molecule has 33 heavy (non-hydrogen) atoms. The minimum atomic E-state index is -0.312. The van der Waals surface area contributed by atoms with E-state index in [1.165, 1.54) is 6.33 Å². The highest BCUT2D eigenvalue weighted by molar-refractivity contribution is 6.35. The van der Waals surface area contributed by atoms with E-state index >= 15 is 0 Å². The second-order valence-corrected chi connectivity index (χ2v) is 8.95. The van der Waals surface area contributed by atoms with Gasteiger partial charge in [0, 0.05) is 30.9 Å². The molecule has 0 bridgehead atoms. The summed E-state index contributed by atoms with van der Waals surface area (Å²) in [7, 11) is 0. The number of aromatic amines is 1. The van der Waals surface area contributed by atoms with Gasteiger partial charge in [0.1, 0.15) is 29.3 Å². The van der Waals surface area contributed by atoms with Gasteiger partial charge in [0.2, 0.25) is 0 Å². The number of ketones is 1. The molecule has 0 amide bonds. The van der Waals surface area contributed by atoms with Crippen molar-refractivity contribution >= 4 is 34.2 Å². The molecule has 2 aromatic heterocycles. The summed E-state index contributed by atoms with van der Waals surface area (Å²) in [5, 5.41) is 0.995. The molecule has 4 aromatic rings. The summed E-state index contributed by atoms with van der Waals surface area (Å²) in [6, 6.07) is 14.5. The van der Waals surface area contributed by atoms with Gasteiger partial charge >= 0.3 is 0 Å². The van der Waals surface area contributed by atoms with Gasteiger partial charge < -0.3 is 19.4 Å². The highest BCUT2D eigenvalue weighted by Crippen LogP contribution is 2.33. The fraction of sp³-hybridized carbons (Fsp3) is 0.240. The third-order valence-electron chi connectivity index (χ3n) is 5.58. The zero-order valence-electron chi connectivity index (χ0n) is 18.3. The number of hydrogen-bond acceptors (Lipinski definition) is 6. The topological polar surface area (TPSA) is 80.3 Å². The van der Waals surface area contributed by atoms with Crippen LogP contribution in [0.1, 0.15) is 29.8 Å². The molecular formula is C25H23ClN4O3. The van der Waals surface area contributed by atoms with Crippen molar-refractivity contribution in [2.75, 3.05) is 24.6 Å². The zero-order valence-corrected chi connectivity index (χ0v) is 19.1. The standard InChI is InChI=1S/C25H23ClN4O3/c1-25(2)14-30(10-11-32-25)24-21-19(13-27-23(21)28-15-29-24)22(31)18-9-8-17(12-20(18)26)33-16-6-4-3-5-7-16/h3-9,12-13,15H,10-11,14H2,1-2H3,(H,27,28,29). The van der Waals surface area contributed by atoms with E-state index in [0.29, 0.717) is 64.2 Å². The predicted molar refractivity (Wildman–Crippen MR) is 128 cm³/mol. The van der Waals surface area contributed by atoms with Crippen LogP contribution in [0.3, 0.4) is 0 Å². The van der Waals surface area contributed by atoms with Gasteiger partial charge in [-0.15, -0.1) is 0 Å². The van der Waals surface area contributed by atoms with Crippen LogP contribution in [-0.4, -0.2) is 46.0 Å². The lowest BCUT2D eigenvalue weighted by Gasteiger charge is -2.39. The number of morpholine rings is 1. The van der Waals surface area contributed by atoms with Crippen LogP contribution < -0.4 is 9.64 Å². The summed E-state index contributed by atoms with van der Waals surface area (Å²) >= 11 is 6.52. The number of benzene rings is 2. The highest BCUT2D eigenvalue weighted by atomic mass is 35.5. The molecule has 5 rings (SSSR count). The van der Waals surface area contributed by atoms with E-state index in [0.717, 1.165) is 0 Å². The molecule has 3 heterocycles. The van der Waals surface area contributed by atoms with Crippen molar-refractivity contribution in [1.82, 2.24) is 15.0 Å². The van der Waals surface area contributed by atoms with Crippen LogP contribution in [0.15, 0.2) is 61.1 Å². The Morgan fingerprint density at radius 1 is 1.12 bits per heavy atom. The molecule has 1 aliphatic heterocycles. The molecule has 7 nitrogen and oxygen atoms in total. The van der Waals surface area contributed by atoms with Crippen molar-refractivity contribution in [3.63, 3.8) is 0 Å². The Hall–Kier alpha value is -3.42. The first kappa shape index (κ1) is 21.4. The minimum absolute atomic E-state index is 0.207. The van der Waals surface area contributed by atoms with Crippen LogP contribution in [0.25, 0.3) is 11.0 Å². The summed E-state index contributed by atoms with van der Waals surface area (Å²) in [6.07, 6.45) is 3.18. The van der Waals surface area contributed by atoms with Crippen LogP contribution >= 0.6 is 11.6 Å². The van der Waals surface area contributed by atoms with Gasteiger partial charge in [0.15, 0.2) is 5.78 Å². The molecule has 168 valence electrons. The number of carbonyl (C=O) groups is 1. The van der Waals surface area contributed by atoms with E-state index in [2.05, 4.69) is 19.9 Å². The number of nitrogens with zero attached hydrogens (tertiary/aromatic N) is 3. The summed E-state index contributed by atoms with van der Waals surface area (Å²) in [5.41, 5.74) is 1.15. The lowest BCUT2D eigenvalue weighted by Crippen LogP contribution is -2.48.